The van der Waals surface area contributed by atoms with Crippen LogP contribution in [0.1, 0.15) is 27.4 Å². The molecule has 2 rings (SSSR count). The van der Waals surface area contributed by atoms with Gasteiger partial charge in [-0.2, -0.15) is 0 Å². The lowest BCUT2D eigenvalue weighted by molar-refractivity contribution is 0.0697. The normalized spacial score (nSPS) is 11.3. The van der Waals surface area contributed by atoms with E-state index in [9.17, 15) is 13.2 Å². The van der Waals surface area contributed by atoms with Crippen molar-refractivity contribution in [3.63, 3.8) is 0 Å². The summed E-state index contributed by atoms with van der Waals surface area (Å²) in [7, 11) is -3.70. The Bertz CT molecular complexity index is 780. The van der Waals surface area contributed by atoms with Gasteiger partial charge in [-0.25, -0.2) is 13.2 Å². The summed E-state index contributed by atoms with van der Waals surface area (Å²) in [6, 6.07) is 5.76. The number of carbonyl (C=O) groups is 1. The second-order valence-electron chi connectivity index (χ2n) is 4.62. The molecule has 7 nitrogen and oxygen atoms in total. The molecule has 0 fully saturated rings. The van der Waals surface area contributed by atoms with Gasteiger partial charge in [0.2, 0.25) is 10.0 Å². The predicted molar refractivity (Wildman–Crippen MR) is 75.6 cm³/mol. The largest absolute Gasteiger partial charge is 0.478 e. The highest BCUT2D eigenvalue weighted by Gasteiger charge is 2.16. The lowest BCUT2D eigenvalue weighted by atomic mass is 10.1. The summed E-state index contributed by atoms with van der Waals surface area (Å²) < 4.78 is 31.3. The van der Waals surface area contributed by atoms with E-state index in [0.717, 1.165) is 0 Å². The van der Waals surface area contributed by atoms with Crippen molar-refractivity contribution in [3.05, 3.63) is 46.8 Å². The lowest BCUT2D eigenvalue weighted by Gasteiger charge is -2.10. The molecule has 8 heteroatoms. The number of aromatic nitrogens is 1. The Morgan fingerprint density at radius 2 is 2.05 bits per heavy atom. The maximum Gasteiger partial charge on any atom is 0.335 e. The molecule has 0 amide bonds. The molecule has 0 saturated heterocycles. The maximum atomic E-state index is 12.1. The number of anilines is 1. The number of sulfonamides is 1. The molecular formula is C13H14N2O5S. The smallest absolute Gasteiger partial charge is 0.335 e. The summed E-state index contributed by atoms with van der Waals surface area (Å²) in [6.45, 7) is 3.35. The fraction of sp³-hybridized carbons (Fsp3) is 0.231. The topological polar surface area (TPSA) is 110 Å². The molecule has 1 aromatic heterocycles. The second-order valence-corrected chi connectivity index (χ2v) is 6.35. The van der Waals surface area contributed by atoms with Crippen LogP contribution >= 0.6 is 0 Å². The zero-order valence-corrected chi connectivity index (χ0v) is 12.3. The van der Waals surface area contributed by atoms with Crippen molar-refractivity contribution in [2.24, 2.45) is 0 Å². The minimum Gasteiger partial charge on any atom is -0.478 e. The quantitative estimate of drug-likeness (QED) is 0.873. The zero-order valence-electron chi connectivity index (χ0n) is 11.5. The van der Waals surface area contributed by atoms with E-state index in [4.69, 9.17) is 9.63 Å². The van der Waals surface area contributed by atoms with Gasteiger partial charge in [-0.1, -0.05) is 11.2 Å². The van der Waals surface area contributed by atoms with E-state index in [0.29, 0.717) is 11.3 Å². The van der Waals surface area contributed by atoms with Gasteiger partial charge in [0.1, 0.15) is 17.2 Å². The number of rotatable bonds is 5. The van der Waals surface area contributed by atoms with E-state index in [1.807, 2.05) is 0 Å². The highest BCUT2D eigenvalue weighted by Crippen LogP contribution is 2.19. The van der Waals surface area contributed by atoms with Crippen molar-refractivity contribution < 1.29 is 22.8 Å². The van der Waals surface area contributed by atoms with Gasteiger partial charge in [-0.15, -0.1) is 0 Å². The molecule has 0 aliphatic heterocycles. The van der Waals surface area contributed by atoms with Gasteiger partial charge in [-0.05, 0) is 31.5 Å². The van der Waals surface area contributed by atoms with Crippen molar-refractivity contribution in [2.45, 2.75) is 19.6 Å². The number of carboxylic acid groups (broad SMARTS) is 1. The first-order valence-electron chi connectivity index (χ1n) is 6.03. The van der Waals surface area contributed by atoms with E-state index in [2.05, 4.69) is 9.88 Å². The van der Waals surface area contributed by atoms with Crippen LogP contribution in [0.4, 0.5) is 5.69 Å². The van der Waals surface area contributed by atoms with Crippen LogP contribution in [-0.2, 0) is 15.8 Å². The number of hydrogen-bond donors (Lipinski definition) is 2. The van der Waals surface area contributed by atoms with Crippen molar-refractivity contribution in [1.29, 1.82) is 0 Å². The molecule has 0 unspecified atom stereocenters. The number of benzene rings is 1. The first kappa shape index (κ1) is 15.0. The number of hydrogen-bond acceptors (Lipinski definition) is 5. The highest BCUT2D eigenvalue weighted by molar-refractivity contribution is 7.91. The average Bonchev–Trinajstić information content (AvgIpc) is 2.76. The Labute approximate surface area is 121 Å². The summed E-state index contributed by atoms with van der Waals surface area (Å²) in [5, 5.41) is 12.6. The van der Waals surface area contributed by atoms with Crippen molar-refractivity contribution >= 4 is 21.7 Å². The third-order valence-electron chi connectivity index (χ3n) is 2.76. The molecule has 2 aromatic rings. The van der Waals surface area contributed by atoms with Crippen LogP contribution < -0.4 is 4.72 Å². The summed E-state index contributed by atoms with van der Waals surface area (Å²) >= 11 is 0. The summed E-state index contributed by atoms with van der Waals surface area (Å²) in [4.78, 5) is 10.9. The van der Waals surface area contributed by atoms with Gasteiger partial charge in [0.15, 0.2) is 0 Å². The highest BCUT2D eigenvalue weighted by atomic mass is 32.2. The van der Waals surface area contributed by atoms with Crippen LogP contribution in [-0.4, -0.2) is 24.7 Å². The molecule has 0 spiro atoms. The Kier molecular flexibility index (Phi) is 3.99. The predicted octanol–water partition coefficient (Wildman–Crippen LogP) is 1.93. The fourth-order valence-electron chi connectivity index (χ4n) is 1.75. The SMILES string of the molecule is Cc1cc(CS(=O)(=O)Nc2cc(C(=O)O)ccc2C)no1. The molecule has 2 N–H and O–H groups in total. The van der Waals surface area contributed by atoms with Gasteiger partial charge >= 0.3 is 5.97 Å². The molecule has 21 heavy (non-hydrogen) atoms. The van der Waals surface area contributed by atoms with Crippen molar-refractivity contribution in [3.8, 4) is 0 Å². The van der Waals surface area contributed by atoms with Crippen LogP contribution in [0.3, 0.4) is 0 Å². The van der Waals surface area contributed by atoms with E-state index < -0.39 is 16.0 Å². The van der Waals surface area contributed by atoms with E-state index in [1.165, 1.54) is 18.2 Å². The van der Waals surface area contributed by atoms with Crippen LogP contribution in [0, 0.1) is 13.8 Å². The third-order valence-corrected chi connectivity index (χ3v) is 3.97. The number of nitrogens with zero attached hydrogens (tertiary/aromatic N) is 1. The molecule has 0 aliphatic carbocycles. The van der Waals surface area contributed by atoms with E-state index in [1.54, 1.807) is 19.9 Å². The van der Waals surface area contributed by atoms with Gasteiger partial charge < -0.3 is 9.63 Å². The summed E-state index contributed by atoms with van der Waals surface area (Å²) in [5.41, 5.74) is 1.15. The maximum absolute atomic E-state index is 12.1. The summed E-state index contributed by atoms with van der Waals surface area (Å²) in [5.74, 6) is -0.951. The van der Waals surface area contributed by atoms with E-state index in [-0.39, 0.29) is 22.7 Å². The Balaban J connectivity index is 2.24. The molecule has 0 bridgehead atoms. The average molecular weight is 310 g/mol. The van der Waals surface area contributed by atoms with Gasteiger partial charge in [0, 0.05) is 6.07 Å². The van der Waals surface area contributed by atoms with Crippen LogP contribution in [0.25, 0.3) is 0 Å². The van der Waals surface area contributed by atoms with Crippen LogP contribution in [0.15, 0.2) is 28.8 Å². The lowest BCUT2D eigenvalue weighted by Crippen LogP contribution is -2.16. The minimum atomic E-state index is -3.70. The molecule has 1 aromatic carbocycles. The molecule has 0 radical (unpaired) electrons. The zero-order chi connectivity index (χ0) is 15.6. The van der Waals surface area contributed by atoms with Crippen LogP contribution in [0.5, 0.6) is 0 Å². The Morgan fingerprint density at radius 1 is 1.33 bits per heavy atom. The monoisotopic (exact) mass is 310 g/mol. The molecule has 112 valence electrons. The minimum absolute atomic E-state index is 0.00980. The third kappa shape index (κ3) is 3.82. The number of carboxylic acids is 1. The Morgan fingerprint density at radius 3 is 2.62 bits per heavy atom. The molecular weight excluding hydrogens is 296 g/mol. The molecule has 0 atom stereocenters. The van der Waals surface area contributed by atoms with Crippen molar-refractivity contribution in [2.75, 3.05) is 4.72 Å². The number of aryl methyl sites for hydroxylation is 2. The molecule has 0 saturated carbocycles. The number of nitrogens with one attached hydrogen (secondary N) is 1. The number of aromatic carboxylic acids is 1. The molecule has 0 aliphatic rings. The Hall–Kier alpha value is -2.35. The standard InChI is InChI=1S/C13H14N2O5S/c1-8-3-4-10(13(16)17)6-12(8)15-21(18,19)7-11-5-9(2)20-14-11/h3-6,15H,7H2,1-2H3,(H,16,17). The van der Waals surface area contributed by atoms with Gasteiger partial charge in [0.25, 0.3) is 0 Å². The fourth-order valence-corrected chi connectivity index (χ4v) is 2.90. The van der Waals surface area contributed by atoms with Crippen LogP contribution in [0.2, 0.25) is 0 Å². The van der Waals surface area contributed by atoms with E-state index >= 15 is 0 Å². The van der Waals surface area contributed by atoms with Gasteiger partial charge in [-0.3, -0.25) is 4.72 Å². The first-order valence-corrected chi connectivity index (χ1v) is 7.69. The second kappa shape index (κ2) is 5.57. The summed E-state index contributed by atoms with van der Waals surface area (Å²) in [6.07, 6.45) is 0. The van der Waals surface area contributed by atoms with Crippen molar-refractivity contribution in [1.82, 2.24) is 5.16 Å². The van der Waals surface area contributed by atoms with Gasteiger partial charge in [0.05, 0.1) is 11.3 Å². The first-order chi connectivity index (χ1) is 9.77. The molecule has 1 heterocycles.